The molecule has 0 saturated carbocycles. The Bertz CT molecular complexity index is 1330. The zero-order chi connectivity index (χ0) is 25.9. The highest BCUT2D eigenvalue weighted by Gasteiger charge is 2.31. The van der Waals surface area contributed by atoms with Gasteiger partial charge < -0.3 is 25.4 Å². The number of hydrogen-bond acceptors (Lipinski definition) is 5. The fraction of sp³-hybridized carbons (Fsp3) is 0.310. The monoisotopic (exact) mass is 555 g/mol. The molecule has 7 nitrogen and oxygen atoms in total. The molecule has 0 saturated heterocycles. The standard InChI is InChI=1S/C29H30ClN3O4.ClH/c1-2-37-27-13-23-21(17-33(29(23)36)16-18-6-5-9-22(30)10-18)11-24(27)28(35)32-15-26(34)25-12-19-7-3-4-8-20(19)14-31-25;/h3-11,13,25-26,31,34H,2,12,14-17H2,1H3,(H,32,35);1H/t25-,26+;/m0./s1. The lowest BCUT2D eigenvalue weighted by Gasteiger charge is -2.30. The summed E-state index contributed by atoms with van der Waals surface area (Å²) >= 11 is 6.10. The molecule has 3 N–H and O–H groups in total. The Labute approximate surface area is 233 Å². The smallest absolute Gasteiger partial charge is 0.255 e. The molecule has 0 aromatic heterocycles. The first kappa shape index (κ1) is 27.9. The van der Waals surface area contributed by atoms with E-state index in [1.807, 2.05) is 37.3 Å². The van der Waals surface area contributed by atoms with Crippen LogP contribution in [0.15, 0.2) is 60.7 Å². The Morgan fingerprint density at radius 2 is 1.95 bits per heavy atom. The summed E-state index contributed by atoms with van der Waals surface area (Å²) in [5, 5.41) is 17.6. The summed E-state index contributed by atoms with van der Waals surface area (Å²) in [6, 6.07) is 18.8. The summed E-state index contributed by atoms with van der Waals surface area (Å²) in [6.45, 7) is 3.78. The molecule has 0 spiro atoms. The number of carbonyl (C=O) groups is 2. The third kappa shape index (κ3) is 5.97. The summed E-state index contributed by atoms with van der Waals surface area (Å²) in [7, 11) is 0. The van der Waals surface area contributed by atoms with Crippen molar-refractivity contribution in [2.45, 2.75) is 45.1 Å². The number of benzene rings is 3. The van der Waals surface area contributed by atoms with E-state index in [1.54, 1.807) is 23.1 Å². The van der Waals surface area contributed by atoms with Crippen LogP contribution in [0.3, 0.4) is 0 Å². The van der Waals surface area contributed by atoms with Crippen molar-refractivity contribution in [1.82, 2.24) is 15.5 Å². The van der Waals surface area contributed by atoms with Gasteiger partial charge in [0, 0.05) is 42.8 Å². The zero-order valence-electron chi connectivity index (χ0n) is 21.1. The predicted octanol–water partition coefficient (Wildman–Crippen LogP) is 4.12. The number of ether oxygens (including phenoxy) is 1. The molecule has 2 amide bonds. The van der Waals surface area contributed by atoms with E-state index in [0.29, 0.717) is 54.6 Å². The normalized spacial score (nSPS) is 16.8. The van der Waals surface area contributed by atoms with E-state index in [0.717, 1.165) is 11.1 Å². The SMILES string of the molecule is CCOc1cc2c(cc1C(=O)NC[C@@H](O)[C@@H]1Cc3ccccc3CN1)CN(Cc1cccc(Cl)c1)C2=O.Cl. The quantitative estimate of drug-likeness (QED) is 0.389. The molecular weight excluding hydrogens is 525 g/mol. The van der Waals surface area contributed by atoms with Gasteiger partial charge in [-0.25, -0.2) is 0 Å². The molecule has 0 radical (unpaired) electrons. The van der Waals surface area contributed by atoms with Crippen molar-refractivity contribution in [1.29, 1.82) is 0 Å². The molecule has 3 aromatic rings. The van der Waals surface area contributed by atoms with Crippen molar-refractivity contribution >= 4 is 35.8 Å². The highest BCUT2D eigenvalue weighted by molar-refractivity contribution is 6.30. The van der Waals surface area contributed by atoms with Crippen LogP contribution in [0.5, 0.6) is 5.75 Å². The van der Waals surface area contributed by atoms with Gasteiger partial charge in [0.25, 0.3) is 11.8 Å². The van der Waals surface area contributed by atoms with Gasteiger partial charge in [-0.05, 0) is 59.9 Å². The van der Waals surface area contributed by atoms with Crippen LogP contribution in [0.4, 0.5) is 0 Å². The van der Waals surface area contributed by atoms with Crippen LogP contribution in [0.2, 0.25) is 5.02 Å². The Morgan fingerprint density at radius 3 is 2.71 bits per heavy atom. The molecule has 5 rings (SSSR count). The summed E-state index contributed by atoms with van der Waals surface area (Å²) in [6.07, 6.45) is -0.0575. The first-order valence-corrected chi connectivity index (χ1v) is 12.9. The lowest BCUT2D eigenvalue weighted by atomic mass is 9.93. The molecule has 200 valence electrons. The maximum absolute atomic E-state index is 13.2. The minimum atomic E-state index is -0.753. The Morgan fingerprint density at radius 1 is 1.16 bits per heavy atom. The van der Waals surface area contributed by atoms with E-state index in [1.165, 1.54) is 11.1 Å². The zero-order valence-corrected chi connectivity index (χ0v) is 22.6. The van der Waals surface area contributed by atoms with Crippen LogP contribution in [0.25, 0.3) is 0 Å². The predicted molar refractivity (Wildman–Crippen MR) is 149 cm³/mol. The minimum Gasteiger partial charge on any atom is -0.493 e. The molecule has 3 aromatic carbocycles. The largest absolute Gasteiger partial charge is 0.493 e. The minimum absolute atomic E-state index is 0. The second-order valence-electron chi connectivity index (χ2n) is 9.47. The number of nitrogens with zero attached hydrogens (tertiary/aromatic N) is 1. The first-order valence-electron chi connectivity index (χ1n) is 12.5. The van der Waals surface area contributed by atoms with E-state index in [-0.39, 0.29) is 36.8 Å². The lowest BCUT2D eigenvalue weighted by molar-refractivity contribution is 0.0766. The molecule has 2 heterocycles. The number of nitrogens with one attached hydrogen (secondary N) is 2. The maximum Gasteiger partial charge on any atom is 0.255 e. The van der Waals surface area contributed by atoms with Gasteiger partial charge in [-0.3, -0.25) is 9.59 Å². The number of aliphatic hydroxyl groups is 1. The molecule has 38 heavy (non-hydrogen) atoms. The fourth-order valence-corrected chi connectivity index (χ4v) is 5.24. The Kier molecular flexibility index (Phi) is 8.95. The lowest BCUT2D eigenvalue weighted by Crippen LogP contribution is -2.49. The number of carbonyl (C=O) groups excluding carboxylic acids is 2. The van der Waals surface area contributed by atoms with Crippen LogP contribution in [-0.2, 0) is 26.1 Å². The van der Waals surface area contributed by atoms with Gasteiger partial charge in [0.05, 0.1) is 18.3 Å². The number of amides is 2. The summed E-state index contributed by atoms with van der Waals surface area (Å²) in [4.78, 5) is 28.0. The maximum atomic E-state index is 13.2. The van der Waals surface area contributed by atoms with E-state index in [9.17, 15) is 14.7 Å². The molecular formula is C29H31Cl2N3O4. The van der Waals surface area contributed by atoms with E-state index < -0.39 is 6.10 Å². The Hall–Kier alpha value is -3.10. The molecule has 9 heteroatoms. The number of halogens is 2. The highest BCUT2D eigenvalue weighted by atomic mass is 35.5. The third-order valence-electron chi connectivity index (χ3n) is 6.94. The van der Waals surface area contributed by atoms with Crippen molar-refractivity contribution in [2.75, 3.05) is 13.2 Å². The topological polar surface area (TPSA) is 90.9 Å². The van der Waals surface area contributed by atoms with Gasteiger partial charge in [0.2, 0.25) is 0 Å². The molecule has 0 aliphatic carbocycles. The molecule has 0 unspecified atom stereocenters. The Balaban J connectivity index is 0.00000336. The van der Waals surface area contributed by atoms with Crippen molar-refractivity contribution in [3.63, 3.8) is 0 Å². The summed E-state index contributed by atoms with van der Waals surface area (Å²) in [5.74, 6) is -0.0971. The second-order valence-corrected chi connectivity index (χ2v) is 9.90. The van der Waals surface area contributed by atoms with Crippen LogP contribution < -0.4 is 15.4 Å². The van der Waals surface area contributed by atoms with Crippen LogP contribution in [0, 0.1) is 0 Å². The molecule has 2 aliphatic rings. The first-order chi connectivity index (χ1) is 17.9. The van der Waals surface area contributed by atoms with Crippen molar-refractivity contribution < 1.29 is 19.4 Å². The van der Waals surface area contributed by atoms with Crippen LogP contribution >= 0.6 is 24.0 Å². The van der Waals surface area contributed by atoms with Crippen LogP contribution in [0.1, 0.15) is 49.9 Å². The van der Waals surface area contributed by atoms with E-state index in [2.05, 4.69) is 22.8 Å². The average molecular weight is 556 g/mol. The number of fused-ring (bicyclic) bond motifs is 2. The number of aliphatic hydroxyl groups excluding tert-OH is 1. The highest BCUT2D eigenvalue weighted by Crippen LogP contribution is 2.32. The number of hydrogen-bond donors (Lipinski definition) is 3. The van der Waals surface area contributed by atoms with Crippen molar-refractivity contribution in [3.8, 4) is 5.75 Å². The van der Waals surface area contributed by atoms with E-state index in [4.69, 9.17) is 16.3 Å². The van der Waals surface area contributed by atoms with Crippen LogP contribution in [-0.4, -0.2) is 47.1 Å². The summed E-state index contributed by atoms with van der Waals surface area (Å²) in [5.41, 5.74) is 5.03. The van der Waals surface area contributed by atoms with Gasteiger partial charge in [0.1, 0.15) is 5.75 Å². The van der Waals surface area contributed by atoms with Crippen molar-refractivity contribution in [3.05, 3.63) is 99.1 Å². The third-order valence-corrected chi connectivity index (χ3v) is 7.18. The summed E-state index contributed by atoms with van der Waals surface area (Å²) < 4.78 is 5.74. The molecule has 0 fully saturated rings. The van der Waals surface area contributed by atoms with Gasteiger partial charge in [-0.15, -0.1) is 12.4 Å². The van der Waals surface area contributed by atoms with Gasteiger partial charge in [-0.2, -0.15) is 0 Å². The van der Waals surface area contributed by atoms with Gasteiger partial charge >= 0.3 is 0 Å². The second kappa shape index (κ2) is 12.2. The van der Waals surface area contributed by atoms with E-state index >= 15 is 0 Å². The molecule has 2 atom stereocenters. The molecule has 2 aliphatic heterocycles. The molecule has 0 bridgehead atoms. The van der Waals surface area contributed by atoms with Gasteiger partial charge in [0.15, 0.2) is 0 Å². The number of rotatable bonds is 8. The van der Waals surface area contributed by atoms with Gasteiger partial charge in [-0.1, -0.05) is 48.0 Å². The fourth-order valence-electron chi connectivity index (χ4n) is 5.02. The average Bonchev–Trinajstić information content (AvgIpc) is 3.20. The van der Waals surface area contributed by atoms with Crippen molar-refractivity contribution in [2.24, 2.45) is 0 Å².